The number of anilines is 1. The molecule has 0 saturated heterocycles. The predicted molar refractivity (Wildman–Crippen MR) is 109 cm³/mol. The molecule has 1 aromatic heterocycles. The van der Waals surface area contributed by atoms with Crippen LogP contribution in [-0.2, 0) is 26.5 Å². The first-order chi connectivity index (χ1) is 14.3. The standard InChI is InChI=1S/C20H24N4O5S/c1-24-19(20(25)29-3)18(17(22-24)14-6-8-15(28-2)9-7-14)23-30(26,27)16-10-4-13(12-21)5-11-16/h4-5,10-11,14-15,23H,6-9H2,1-3H3. The topological polar surface area (TPSA) is 123 Å². The minimum atomic E-state index is -4.01. The summed E-state index contributed by atoms with van der Waals surface area (Å²) in [7, 11) is 0.481. The molecule has 2 aromatic rings. The van der Waals surface area contributed by atoms with Crippen molar-refractivity contribution in [3.05, 3.63) is 41.2 Å². The highest BCUT2D eigenvalue weighted by molar-refractivity contribution is 7.92. The van der Waals surface area contributed by atoms with Crippen LogP contribution in [0.5, 0.6) is 0 Å². The summed E-state index contributed by atoms with van der Waals surface area (Å²) in [5, 5.41) is 13.4. The van der Waals surface area contributed by atoms with E-state index in [2.05, 4.69) is 9.82 Å². The SMILES string of the molecule is COC(=O)c1c(NS(=O)(=O)c2ccc(C#N)cc2)c(C2CCC(OC)CC2)nn1C. The van der Waals surface area contributed by atoms with Gasteiger partial charge in [-0.15, -0.1) is 0 Å². The van der Waals surface area contributed by atoms with Gasteiger partial charge in [0.15, 0.2) is 5.69 Å². The van der Waals surface area contributed by atoms with Crippen molar-refractivity contribution in [3.8, 4) is 6.07 Å². The van der Waals surface area contributed by atoms with E-state index in [4.69, 9.17) is 14.7 Å². The quantitative estimate of drug-likeness (QED) is 0.696. The van der Waals surface area contributed by atoms with Crippen LogP contribution in [0.15, 0.2) is 29.2 Å². The summed E-state index contributed by atoms with van der Waals surface area (Å²) in [5.41, 5.74) is 1.04. The van der Waals surface area contributed by atoms with E-state index in [-0.39, 0.29) is 28.3 Å². The van der Waals surface area contributed by atoms with E-state index < -0.39 is 16.0 Å². The van der Waals surface area contributed by atoms with Crippen molar-refractivity contribution in [3.63, 3.8) is 0 Å². The van der Waals surface area contributed by atoms with Crippen molar-refractivity contribution in [1.82, 2.24) is 9.78 Å². The van der Waals surface area contributed by atoms with E-state index in [1.807, 2.05) is 6.07 Å². The zero-order chi connectivity index (χ0) is 21.9. The summed E-state index contributed by atoms with van der Waals surface area (Å²) >= 11 is 0. The number of carbonyl (C=O) groups excluding carboxylic acids is 1. The minimum absolute atomic E-state index is 0.0142. The zero-order valence-electron chi connectivity index (χ0n) is 17.1. The van der Waals surface area contributed by atoms with E-state index in [9.17, 15) is 13.2 Å². The smallest absolute Gasteiger partial charge is 0.358 e. The second kappa shape index (κ2) is 8.85. The second-order valence-electron chi connectivity index (χ2n) is 7.18. The maximum atomic E-state index is 13.0. The average molecular weight is 433 g/mol. The first-order valence-corrected chi connectivity index (χ1v) is 11.0. The number of sulfonamides is 1. The Morgan fingerprint density at radius 3 is 2.37 bits per heavy atom. The fourth-order valence-corrected chi connectivity index (χ4v) is 4.82. The number of nitrogens with zero attached hydrogens (tertiary/aromatic N) is 3. The van der Waals surface area contributed by atoms with Gasteiger partial charge < -0.3 is 9.47 Å². The summed E-state index contributed by atoms with van der Waals surface area (Å²) in [6, 6.07) is 7.49. The van der Waals surface area contributed by atoms with Gasteiger partial charge in [0.05, 0.1) is 35.4 Å². The lowest BCUT2D eigenvalue weighted by molar-refractivity contribution is 0.0589. The van der Waals surface area contributed by atoms with Gasteiger partial charge in [-0.05, 0) is 49.9 Å². The van der Waals surface area contributed by atoms with Gasteiger partial charge in [0.25, 0.3) is 10.0 Å². The highest BCUT2D eigenvalue weighted by Crippen LogP contribution is 2.39. The Morgan fingerprint density at radius 1 is 1.20 bits per heavy atom. The Kier molecular flexibility index (Phi) is 6.43. The number of aromatic nitrogens is 2. The lowest BCUT2D eigenvalue weighted by Crippen LogP contribution is -2.21. The van der Waals surface area contributed by atoms with Gasteiger partial charge in [-0.25, -0.2) is 13.2 Å². The van der Waals surface area contributed by atoms with Gasteiger partial charge in [-0.3, -0.25) is 9.40 Å². The van der Waals surface area contributed by atoms with Crippen LogP contribution in [0.2, 0.25) is 0 Å². The zero-order valence-corrected chi connectivity index (χ0v) is 17.9. The fourth-order valence-electron chi connectivity index (χ4n) is 3.74. The summed E-state index contributed by atoms with van der Waals surface area (Å²) in [5.74, 6) is -0.695. The van der Waals surface area contributed by atoms with Gasteiger partial charge in [-0.1, -0.05) is 0 Å². The molecule has 0 unspecified atom stereocenters. The first kappa shape index (κ1) is 21.8. The monoisotopic (exact) mass is 432 g/mol. The molecule has 1 heterocycles. The highest BCUT2D eigenvalue weighted by atomic mass is 32.2. The van der Waals surface area contributed by atoms with E-state index in [1.165, 1.54) is 36.1 Å². The van der Waals surface area contributed by atoms with Crippen LogP contribution in [0, 0.1) is 11.3 Å². The Balaban J connectivity index is 2.01. The van der Waals surface area contributed by atoms with Gasteiger partial charge in [-0.2, -0.15) is 10.4 Å². The minimum Gasteiger partial charge on any atom is -0.464 e. The maximum Gasteiger partial charge on any atom is 0.358 e. The maximum absolute atomic E-state index is 13.0. The normalized spacial score (nSPS) is 19.1. The molecular formula is C20H24N4O5S. The Labute approximate surface area is 175 Å². The summed E-state index contributed by atoms with van der Waals surface area (Å²) < 4.78 is 40.2. The molecule has 1 aliphatic rings. The molecule has 0 radical (unpaired) electrons. The molecule has 1 aromatic carbocycles. The summed E-state index contributed by atoms with van der Waals surface area (Å²) in [6.45, 7) is 0. The number of esters is 1. The van der Waals surface area contributed by atoms with Crippen molar-refractivity contribution in [2.45, 2.75) is 42.6 Å². The third kappa shape index (κ3) is 4.32. The molecule has 30 heavy (non-hydrogen) atoms. The highest BCUT2D eigenvalue weighted by Gasteiger charge is 2.33. The number of methoxy groups -OCH3 is 2. The Bertz CT molecular complexity index is 1060. The van der Waals surface area contributed by atoms with Gasteiger partial charge >= 0.3 is 5.97 Å². The third-order valence-electron chi connectivity index (χ3n) is 5.38. The molecule has 9 nitrogen and oxygen atoms in total. The van der Waals surface area contributed by atoms with Crippen LogP contribution in [0.25, 0.3) is 0 Å². The predicted octanol–water partition coefficient (Wildman–Crippen LogP) is 2.55. The van der Waals surface area contributed by atoms with E-state index in [0.29, 0.717) is 11.3 Å². The molecule has 0 bridgehead atoms. The molecule has 1 aliphatic carbocycles. The first-order valence-electron chi connectivity index (χ1n) is 9.51. The van der Waals surface area contributed by atoms with Gasteiger partial charge in [0.1, 0.15) is 5.69 Å². The number of hydrogen-bond acceptors (Lipinski definition) is 7. The lowest BCUT2D eigenvalue weighted by Gasteiger charge is -2.27. The number of nitrogens with one attached hydrogen (secondary N) is 1. The fraction of sp³-hybridized carbons (Fsp3) is 0.450. The van der Waals surface area contributed by atoms with Gasteiger partial charge in [0, 0.05) is 20.1 Å². The number of hydrogen-bond donors (Lipinski definition) is 1. The number of carbonyl (C=O) groups is 1. The summed E-state index contributed by atoms with van der Waals surface area (Å²) in [6.07, 6.45) is 3.35. The molecule has 1 fully saturated rings. The Morgan fingerprint density at radius 2 is 1.83 bits per heavy atom. The molecule has 0 amide bonds. The van der Waals surface area contributed by atoms with E-state index >= 15 is 0 Å². The molecular weight excluding hydrogens is 408 g/mol. The van der Waals surface area contributed by atoms with E-state index in [0.717, 1.165) is 25.7 Å². The van der Waals surface area contributed by atoms with Crippen molar-refractivity contribution in [1.29, 1.82) is 5.26 Å². The number of rotatable bonds is 6. The van der Waals surface area contributed by atoms with Gasteiger partial charge in [0.2, 0.25) is 0 Å². The molecule has 0 spiro atoms. The van der Waals surface area contributed by atoms with Crippen LogP contribution in [0.4, 0.5) is 5.69 Å². The molecule has 3 rings (SSSR count). The molecule has 160 valence electrons. The van der Waals surface area contributed by atoms with Crippen molar-refractivity contribution >= 4 is 21.7 Å². The molecule has 1 N–H and O–H groups in total. The molecule has 10 heteroatoms. The molecule has 1 saturated carbocycles. The van der Waals surface area contributed by atoms with Crippen LogP contribution in [-0.4, -0.2) is 44.5 Å². The van der Waals surface area contributed by atoms with Crippen molar-refractivity contribution in [2.75, 3.05) is 18.9 Å². The average Bonchev–Trinajstić information content (AvgIpc) is 3.08. The van der Waals surface area contributed by atoms with Crippen molar-refractivity contribution < 1.29 is 22.7 Å². The summed E-state index contributed by atoms with van der Waals surface area (Å²) in [4.78, 5) is 12.4. The number of nitriles is 1. The van der Waals surface area contributed by atoms with Crippen molar-refractivity contribution in [2.24, 2.45) is 7.05 Å². The molecule has 0 aliphatic heterocycles. The van der Waals surface area contributed by atoms with Crippen LogP contribution < -0.4 is 4.72 Å². The Hall–Kier alpha value is -2.90. The van der Waals surface area contributed by atoms with Crippen LogP contribution in [0.1, 0.15) is 53.3 Å². The number of aryl methyl sites for hydroxylation is 1. The van der Waals surface area contributed by atoms with Crippen LogP contribution >= 0.6 is 0 Å². The van der Waals surface area contributed by atoms with Crippen LogP contribution in [0.3, 0.4) is 0 Å². The number of ether oxygens (including phenoxy) is 2. The number of benzene rings is 1. The lowest BCUT2D eigenvalue weighted by atomic mass is 9.84. The largest absolute Gasteiger partial charge is 0.464 e. The molecule has 0 atom stereocenters. The second-order valence-corrected chi connectivity index (χ2v) is 8.86. The van der Waals surface area contributed by atoms with E-state index in [1.54, 1.807) is 14.2 Å². The third-order valence-corrected chi connectivity index (χ3v) is 6.74.